The topological polar surface area (TPSA) is 106 Å². The highest BCUT2D eigenvalue weighted by molar-refractivity contribution is 5.96. The largest absolute Gasteiger partial charge is 0.391 e. The summed E-state index contributed by atoms with van der Waals surface area (Å²) in [4.78, 5) is 17.7. The van der Waals surface area contributed by atoms with Crippen molar-refractivity contribution in [2.75, 3.05) is 0 Å². The third-order valence-electron chi connectivity index (χ3n) is 5.93. The van der Waals surface area contributed by atoms with Gasteiger partial charge in [-0.3, -0.25) is 4.79 Å². The molecule has 2 aromatic heterocycles. The molecule has 164 valence electrons. The number of benzene rings is 1. The number of carbonyl (C=O) groups excluding carboxylic acids is 1. The molecule has 3 atom stereocenters. The van der Waals surface area contributed by atoms with Crippen LogP contribution in [0.1, 0.15) is 72.7 Å². The van der Waals surface area contributed by atoms with Crippen LogP contribution in [0.15, 0.2) is 34.9 Å². The number of nitrogens with one attached hydrogen (secondary N) is 1. The van der Waals surface area contributed by atoms with Gasteiger partial charge in [0, 0.05) is 17.5 Å². The van der Waals surface area contributed by atoms with Crippen molar-refractivity contribution in [1.29, 1.82) is 0 Å². The fraction of sp³-hybridized carbons (Fsp3) is 0.478. The molecule has 0 aliphatic heterocycles. The van der Waals surface area contributed by atoms with E-state index in [1.165, 1.54) is 0 Å². The molecule has 1 aliphatic rings. The van der Waals surface area contributed by atoms with Crippen molar-refractivity contribution < 1.29 is 14.4 Å². The first-order valence-corrected chi connectivity index (χ1v) is 10.8. The van der Waals surface area contributed by atoms with Crippen molar-refractivity contribution in [3.63, 3.8) is 0 Å². The molecule has 0 unspecified atom stereocenters. The van der Waals surface area contributed by atoms with Crippen LogP contribution in [0.3, 0.4) is 0 Å². The van der Waals surface area contributed by atoms with Crippen molar-refractivity contribution in [2.45, 2.75) is 71.1 Å². The average molecular weight is 424 g/mol. The van der Waals surface area contributed by atoms with Gasteiger partial charge in [0.25, 0.3) is 5.91 Å². The number of aryl methyl sites for hydroxylation is 2. The molecule has 2 heterocycles. The second kappa shape index (κ2) is 8.63. The second-order valence-corrected chi connectivity index (χ2v) is 8.55. The lowest BCUT2D eigenvalue weighted by Gasteiger charge is -2.33. The van der Waals surface area contributed by atoms with Gasteiger partial charge in [-0.15, -0.1) is 0 Å². The van der Waals surface area contributed by atoms with E-state index in [1.54, 1.807) is 13.8 Å². The summed E-state index contributed by atoms with van der Waals surface area (Å²) in [5.41, 5.74) is 1.96. The number of amides is 1. The Balaban J connectivity index is 1.58. The summed E-state index contributed by atoms with van der Waals surface area (Å²) in [5, 5.41) is 22.2. The maximum absolute atomic E-state index is 12.8. The van der Waals surface area contributed by atoms with Crippen LogP contribution in [0.5, 0.6) is 0 Å². The lowest BCUT2D eigenvalue weighted by molar-refractivity contribution is 0.0666. The molecule has 3 aromatic rings. The van der Waals surface area contributed by atoms with Gasteiger partial charge in [-0.2, -0.15) is 5.10 Å². The molecule has 1 aromatic carbocycles. The minimum absolute atomic E-state index is 0.0886. The monoisotopic (exact) mass is 423 g/mol. The van der Waals surface area contributed by atoms with Crippen LogP contribution < -0.4 is 5.32 Å². The molecule has 1 aliphatic carbocycles. The second-order valence-electron chi connectivity index (χ2n) is 8.55. The van der Waals surface area contributed by atoms with Crippen LogP contribution in [0.4, 0.5) is 0 Å². The van der Waals surface area contributed by atoms with E-state index in [0.717, 1.165) is 17.8 Å². The van der Waals surface area contributed by atoms with Gasteiger partial charge in [-0.25, -0.2) is 9.67 Å². The van der Waals surface area contributed by atoms with Crippen molar-refractivity contribution in [3.8, 4) is 11.4 Å². The van der Waals surface area contributed by atoms with Crippen molar-refractivity contribution in [2.24, 2.45) is 0 Å². The van der Waals surface area contributed by atoms with Crippen LogP contribution in [0.2, 0.25) is 0 Å². The number of nitrogens with zero attached hydrogens (tertiary/aromatic N) is 4. The molecule has 8 heteroatoms. The number of carbonyl (C=O) groups is 1. The highest BCUT2D eigenvalue weighted by Gasteiger charge is 2.35. The summed E-state index contributed by atoms with van der Waals surface area (Å²) in [6.07, 6.45) is 1.36. The molecule has 8 nitrogen and oxygen atoms in total. The van der Waals surface area contributed by atoms with E-state index < -0.39 is 6.10 Å². The van der Waals surface area contributed by atoms with Crippen LogP contribution in [0.25, 0.3) is 11.4 Å². The van der Waals surface area contributed by atoms with Gasteiger partial charge < -0.3 is 14.9 Å². The first-order valence-electron chi connectivity index (χ1n) is 10.8. The van der Waals surface area contributed by atoms with Gasteiger partial charge in [-0.1, -0.05) is 35.5 Å². The molecule has 1 saturated carbocycles. The minimum Gasteiger partial charge on any atom is -0.391 e. The molecule has 0 radical (unpaired) electrons. The quantitative estimate of drug-likeness (QED) is 0.650. The maximum atomic E-state index is 12.8. The highest BCUT2D eigenvalue weighted by atomic mass is 16.5. The third-order valence-corrected chi connectivity index (χ3v) is 5.93. The smallest absolute Gasteiger partial charge is 0.257 e. The van der Waals surface area contributed by atoms with Crippen LogP contribution in [-0.4, -0.2) is 43.1 Å². The number of aliphatic hydroxyl groups excluding tert-OH is 1. The Morgan fingerprint density at radius 1 is 1.23 bits per heavy atom. The number of hydrogen-bond acceptors (Lipinski definition) is 6. The van der Waals surface area contributed by atoms with E-state index in [1.807, 2.05) is 35.0 Å². The third kappa shape index (κ3) is 4.25. The SMILES string of the molecule is Cc1noc(C)c1C(=O)N[C@@H]1C[C@@H](c2nc(-c3ccccc3)nn2C(C)C)CC[C@H]1O. The highest BCUT2D eigenvalue weighted by Crippen LogP contribution is 2.34. The Hall–Kier alpha value is -3.00. The van der Waals surface area contributed by atoms with E-state index in [2.05, 4.69) is 24.3 Å². The fourth-order valence-corrected chi connectivity index (χ4v) is 4.30. The molecule has 31 heavy (non-hydrogen) atoms. The van der Waals surface area contributed by atoms with Crippen LogP contribution in [-0.2, 0) is 0 Å². The van der Waals surface area contributed by atoms with E-state index >= 15 is 0 Å². The minimum atomic E-state index is -0.607. The molecule has 2 N–H and O–H groups in total. The molecule has 1 amide bonds. The summed E-state index contributed by atoms with van der Waals surface area (Å²) in [5.74, 6) is 1.90. The predicted octanol–water partition coefficient (Wildman–Crippen LogP) is 3.56. The summed E-state index contributed by atoms with van der Waals surface area (Å²) in [6, 6.07) is 9.70. The van der Waals surface area contributed by atoms with E-state index in [0.29, 0.717) is 35.7 Å². The predicted molar refractivity (Wildman–Crippen MR) is 116 cm³/mol. The average Bonchev–Trinajstić information content (AvgIpc) is 3.34. The molecular formula is C23H29N5O3. The molecule has 0 saturated heterocycles. The Bertz CT molecular complexity index is 1040. The maximum Gasteiger partial charge on any atom is 0.257 e. The van der Waals surface area contributed by atoms with Crippen molar-refractivity contribution in [1.82, 2.24) is 25.2 Å². The van der Waals surface area contributed by atoms with Crippen LogP contribution in [0, 0.1) is 13.8 Å². The standard InChI is InChI=1S/C23H29N5O3/c1-13(2)28-22(25-21(26-28)16-8-6-5-7-9-16)17-10-11-19(29)18(12-17)24-23(30)20-14(3)27-31-15(20)4/h5-9,13,17-19,29H,10-12H2,1-4H3,(H,24,30)/t17-,18+,19+/m0/s1. The first kappa shape index (κ1) is 21.2. The first-order chi connectivity index (χ1) is 14.8. The molecule has 4 rings (SSSR count). The summed E-state index contributed by atoms with van der Waals surface area (Å²) >= 11 is 0. The van der Waals surface area contributed by atoms with E-state index in [9.17, 15) is 9.90 Å². The van der Waals surface area contributed by atoms with Gasteiger partial charge in [0.1, 0.15) is 17.1 Å². The van der Waals surface area contributed by atoms with Gasteiger partial charge in [0.15, 0.2) is 5.82 Å². The molecule has 0 spiro atoms. The zero-order valence-corrected chi connectivity index (χ0v) is 18.4. The van der Waals surface area contributed by atoms with Gasteiger partial charge >= 0.3 is 0 Å². The summed E-state index contributed by atoms with van der Waals surface area (Å²) in [7, 11) is 0. The number of aromatic nitrogens is 4. The van der Waals surface area contributed by atoms with Gasteiger partial charge in [0.05, 0.1) is 17.8 Å². The zero-order chi connectivity index (χ0) is 22.1. The van der Waals surface area contributed by atoms with Gasteiger partial charge in [-0.05, 0) is 47.0 Å². The molecule has 0 bridgehead atoms. The van der Waals surface area contributed by atoms with E-state index in [-0.39, 0.29) is 23.9 Å². The Labute approximate surface area is 181 Å². The number of hydrogen-bond donors (Lipinski definition) is 2. The Morgan fingerprint density at radius 3 is 2.61 bits per heavy atom. The number of aliphatic hydroxyl groups is 1. The lowest BCUT2D eigenvalue weighted by atomic mass is 9.83. The zero-order valence-electron chi connectivity index (χ0n) is 18.4. The fourth-order valence-electron chi connectivity index (χ4n) is 4.30. The lowest BCUT2D eigenvalue weighted by Crippen LogP contribution is -2.47. The summed E-state index contributed by atoms with van der Waals surface area (Å²) in [6.45, 7) is 7.62. The Kier molecular flexibility index (Phi) is 5.91. The van der Waals surface area contributed by atoms with Crippen molar-refractivity contribution >= 4 is 5.91 Å². The number of rotatable bonds is 5. The van der Waals surface area contributed by atoms with Crippen LogP contribution >= 0.6 is 0 Å². The van der Waals surface area contributed by atoms with E-state index in [4.69, 9.17) is 14.6 Å². The van der Waals surface area contributed by atoms with Crippen molar-refractivity contribution in [3.05, 3.63) is 53.2 Å². The van der Waals surface area contributed by atoms with Gasteiger partial charge in [0.2, 0.25) is 0 Å². The Morgan fingerprint density at radius 2 is 1.97 bits per heavy atom. The molecule has 1 fully saturated rings. The molecular weight excluding hydrogens is 394 g/mol. The normalized spacial score (nSPS) is 21.4. The summed E-state index contributed by atoms with van der Waals surface area (Å²) < 4.78 is 7.08.